The largest absolute Gasteiger partial charge is 0.417 e. The highest BCUT2D eigenvalue weighted by Gasteiger charge is 2.31. The van der Waals surface area contributed by atoms with Crippen LogP contribution in [0.2, 0.25) is 0 Å². The van der Waals surface area contributed by atoms with Gasteiger partial charge < -0.3 is 11.1 Å². The standard InChI is InChI=1S/C11H12F3N3/c1-16-5-3-2-4-8-6-9(11(12,13)14)7-17-10(8)15/h6-7,16H,3,5H2,1H3,(H2,15,17). The predicted octanol–water partition coefficient (Wildman–Crippen LogP) is 1.64. The molecule has 3 nitrogen and oxygen atoms in total. The first-order valence-electron chi connectivity index (χ1n) is 4.91. The fourth-order valence-corrected chi connectivity index (χ4v) is 1.08. The Bertz CT molecular complexity index is 444. The molecule has 0 saturated carbocycles. The molecule has 0 amide bonds. The number of anilines is 1. The van der Waals surface area contributed by atoms with Crippen LogP contribution in [0.25, 0.3) is 0 Å². The van der Waals surface area contributed by atoms with E-state index in [2.05, 4.69) is 22.1 Å². The first-order chi connectivity index (χ1) is 7.95. The maximum atomic E-state index is 12.4. The summed E-state index contributed by atoms with van der Waals surface area (Å²) in [4.78, 5) is 3.48. The summed E-state index contributed by atoms with van der Waals surface area (Å²) in [6.07, 6.45) is -3.19. The van der Waals surface area contributed by atoms with Gasteiger partial charge in [-0.05, 0) is 13.1 Å². The summed E-state index contributed by atoms with van der Waals surface area (Å²) in [5, 5.41) is 2.87. The second kappa shape index (κ2) is 5.55. The molecule has 0 aliphatic rings. The molecule has 0 spiro atoms. The van der Waals surface area contributed by atoms with Gasteiger partial charge in [0.1, 0.15) is 5.82 Å². The molecule has 0 aromatic carbocycles. The number of halogens is 3. The van der Waals surface area contributed by atoms with Gasteiger partial charge in [-0.3, -0.25) is 0 Å². The Morgan fingerprint density at radius 2 is 2.18 bits per heavy atom. The number of nitrogens with zero attached hydrogens (tertiary/aromatic N) is 1. The molecule has 17 heavy (non-hydrogen) atoms. The van der Waals surface area contributed by atoms with Crippen LogP contribution in [0, 0.1) is 11.8 Å². The molecule has 0 saturated heterocycles. The first-order valence-corrected chi connectivity index (χ1v) is 4.91. The van der Waals surface area contributed by atoms with E-state index >= 15 is 0 Å². The lowest BCUT2D eigenvalue weighted by molar-refractivity contribution is -0.137. The van der Waals surface area contributed by atoms with Gasteiger partial charge in [-0.2, -0.15) is 13.2 Å². The van der Waals surface area contributed by atoms with Crippen LogP contribution < -0.4 is 11.1 Å². The average molecular weight is 243 g/mol. The van der Waals surface area contributed by atoms with Crippen molar-refractivity contribution in [3.8, 4) is 11.8 Å². The molecule has 0 fully saturated rings. The van der Waals surface area contributed by atoms with Crippen molar-refractivity contribution in [2.24, 2.45) is 0 Å². The van der Waals surface area contributed by atoms with Crippen LogP contribution in [0.15, 0.2) is 12.3 Å². The Labute approximate surface area is 97.2 Å². The van der Waals surface area contributed by atoms with E-state index in [1.54, 1.807) is 7.05 Å². The first kappa shape index (κ1) is 13.3. The normalized spacial score (nSPS) is 10.8. The van der Waals surface area contributed by atoms with Gasteiger partial charge in [-0.25, -0.2) is 4.98 Å². The monoisotopic (exact) mass is 243 g/mol. The highest BCUT2D eigenvalue weighted by atomic mass is 19.4. The second-order valence-corrected chi connectivity index (χ2v) is 3.31. The SMILES string of the molecule is CNCCC#Cc1cc(C(F)(F)F)cnc1N. The third kappa shape index (κ3) is 3.96. The highest BCUT2D eigenvalue weighted by Crippen LogP contribution is 2.29. The number of alkyl halides is 3. The molecule has 92 valence electrons. The number of aromatic nitrogens is 1. The van der Waals surface area contributed by atoms with Crippen LogP contribution in [0.3, 0.4) is 0 Å². The van der Waals surface area contributed by atoms with Crippen LogP contribution >= 0.6 is 0 Å². The minimum atomic E-state index is -4.43. The van der Waals surface area contributed by atoms with E-state index in [-0.39, 0.29) is 11.4 Å². The number of nitrogens with one attached hydrogen (secondary N) is 1. The van der Waals surface area contributed by atoms with E-state index in [0.717, 1.165) is 6.07 Å². The molecule has 3 N–H and O–H groups in total. The van der Waals surface area contributed by atoms with Crippen molar-refractivity contribution in [1.29, 1.82) is 0 Å². The molecule has 1 aromatic heterocycles. The summed E-state index contributed by atoms with van der Waals surface area (Å²) in [5.74, 6) is 5.31. The summed E-state index contributed by atoms with van der Waals surface area (Å²) in [6, 6.07) is 0.911. The molecule has 0 bridgehead atoms. The zero-order chi connectivity index (χ0) is 12.9. The van der Waals surface area contributed by atoms with E-state index in [9.17, 15) is 13.2 Å². The maximum Gasteiger partial charge on any atom is 0.417 e. The van der Waals surface area contributed by atoms with Crippen molar-refractivity contribution >= 4 is 5.82 Å². The van der Waals surface area contributed by atoms with Gasteiger partial charge in [0.25, 0.3) is 0 Å². The highest BCUT2D eigenvalue weighted by molar-refractivity contribution is 5.52. The van der Waals surface area contributed by atoms with Gasteiger partial charge in [0.15, 0.2) is 0 Å². The van der Waals surface area contributed by atoms with Crippen LogP contribution in [-0.2, 0) is 6.18 Å². The summed E-state index contributed by atoms with van der Waals surface area (Å²) in [7, 11) is 1.77. The van der Waals surface area contributed by atoms with Crippen molar-refractivity contribution in [1.82, 2.24) is 10.3 Å². The van der Waals surface area contributed by atoms with Gasteiger partial charge in [0, 0.05) is 19.2 Å². The van der Waals surface area contributed by atoms with E-state index < -0.39 is 11.7 Å². The third-order valence-corrected chi connectivity index (χ3v) is 1.97. The van der Waals surface area contributed by atoms with Crippen molar-refractivity contribution in [3.63, 3.8) is 0 Å². The Kier molecular flexibility index (Phi) is 4.35. The number of nitrogens with two attached hydrogens (primary N) is 1. The minimum Gasteiger partial charge on any atom is -0.383 e. The zero-order valence-electron chi connectivity index (χ0n) is 9.23. The van der Waals surface area contributed by atoms with Crippen molar-refractivity contribution < 1.29 is 13.2 Å². The van der Waals surface area contributed by atoms with E-state index in [1.165, 1.54) is 0 Å². The predicted molar refractivity (Wildman–Crippen MR) is 59.1 cm³/mol. The molecule has 1 rings (SSSR count). The van der Waals surface area contributed by atoms with Gasteiger partial charge >= 0.3 is 6.18 Å². The lowest BCUT2D eigenvalue weighted by Gasteiger charge is -2.06. The van der Waals surface area contributed by atoms with Crippen LogP contribution in [0.5, 0.6) is 0 Å². The lowest BCUT2D eigenvalue weighted by atomic mass is 10.2. The van der Waals surface area contributed by atoms with Gasteiger partial charge in [0.2, 0.25) is 0 Å². The molecule has 0 aliphatic carbocycles. The van der Waals surface area contributed by atoms with Crippen molar-refractivity contribution in [2.75, 3.05) is 19.3 Å². The number of rotatable bonds is 2. The summed E-state index contributed by atoms with van der Waals surface area (Å²) >= 11 is 0. The maximum absolute atomic E-state index is 12.4. The van der Waals surface area contributed by atoms with E-state index in [1.807, 2.05) is 0 Å². The molecular formula is C11H12F3N3. The van der Waals surface area contributed by atoms with E-state index in [4.69, 9.17) is 5.73 Å². The third-order valence-electron chi connectivity index (χ3n) is 1.97. The Morgan fingerprint density at radius 3 is 2.76 bits per heavy atom. The quantitative estimate of drug-likeness (QED) is 0.613. The zero-order valence-corrected chi connectivity index (χ0v) is 9.23. The van der Waals surface area contributed by atoms with Crippen molar-refractivity contribution in [3.05, 3.63) is 23.4 Å². The molecule has 6 heteroatoms. The molecule has 0 unspecified atom stereocenters. The van der Waals surface area contributed by atoms with Crippen LogP contribution in [0.1, 0.15) is 17.5 Å². The Morgan fingerprint density at radius 1 is 1.47 bits per heavy atom. The van der Waals surface area contributed by atoms with Crippen molar-refractivity contribution in [2.45, 2.75) is 12.6 Å². The molecule has 0 aliphatic heterocycles. The smallest absolute Gasteiger partial charge is 0.383 e. The fourth-order valence-electron chi connectivity index (χ4n) is 1.08. The molecule has 1 heterocycles. The molecule has 0 radical (unpaired) electrons. The van der Waals surface area contributed by atoms with Gasteiger partial charge in [-0.1, -0.05) is 11.8 Å². The molecule has 0 atom stereocenters. The summed E-state index contributed by atoms with van der Waals surface area (Å²) in [6.45, 7) is 0.666. The summed E-state index contributed by atoms with van der Waals surface area (Å²) in [5.41, 5.74) is 4.72. The molecule has 1 aromatic rings. The Balaban J connectivity index is 2.94. The number of hydrogen-bond acceptors (Lipinski definition) is 3. The minimum absolute atomic E-state index is 0.00922. The van der Waals surface area contributed by atoms with E-state index in [0.29, 0.717) is 19.2 Å². The van der Waals surface area contributed by atoms with Gasteiger partial charge in [-0.15, -0.1) is 0 Å². The van der Waals surface area contributed by atoms with Crippen LogP contribution in [-0.4, -0.2) is 18.6 Å². The fraction of sp³-hybridized carbons (Fsp3) is 0.364. The summed E-state index contributed by atoms with van der Waals surface area (Å²) < 4.78 is 37.2. The molecular weight excluding hydrogens is 231 g/mol. The van der Waals surface area contributed by atoms with Gasteiger partial charge in [0.05, 0.1) is 11.1 Å². The Hall–Kier alpha value is -1.74. The number of nitrogen functional groups attached to an aromatic ring is 1. The number of pyridine rings is 1. The lowest BCUT2D eigenvalue weighted by Crippen LogP contribution is -2.08. The topological polar surface area (TPSA) is 50.9 Å². The second-order valence-electron chi connectivity index (χ2n) is 3.31. The average Bonchev–Trinajstić information content (AvgIpc) is 2.25. The van der Waals surface area contributed by atoms with Crippen LogP contribution in [0.4, 0.5) is 19.0 Å². The number of hydrogen-bond donors (Lipinski definition) is 2.